The minimum atomic E-state index is -1.82. The lowest BCUT2D eigenvalue weighted by Crippen LogP contribution is -2.40. The SMILES string of the molecule is Cc1ncsc1CCOCC(C)(O)C(=O)O. The third kappa shape index (κ3) is 3.55. The summed E-state index contributed by atoms with van der Waals surface area (Å²) in [5.41, 5.74) is 0.916. The van der Waals surface area contributed by atoms with Crippen molar-refractivity contribution in [3.63, 3.8) is 0 Å². The van der Waals surface area contributed by atoms with Crippen molar-refractivity contribution in [3.8, 4) is 0 Å². The van der Waals surface area contributed by atoms with E-state index in [-0.39, 0.29) is 6.61 Å². The summed E-state index contributed by atoms with van der Waals surface area (Å²) in [7, 11) is 0. The number of hydrogen-bond acceptors (Lipinski definition) is 5. The van der Waals surface area contributed by atoms with E-state index in [1.165, 1.54) is 6.92 Å². The molecule has 0 bridgehead atoms. The molecule has 1 heterocycles. The van der Waals surface area contributed by atoms with Gasteiger partial charge < -0.3 is 14.9 Å². The number of aromatic nitrogens is 1. The lowest BCUT2D eigenvalue weighted by Gasteiger charge is -2.17. The zero-order valence-corrected chi connectivity index (χ0v) is 10.1. The summed E-state index contributed by atoms with van der Waals surface area (Å²) in [6, 6.07) is 0. The number of nitrogens with zero attached hydrogens (tertiary/aromatic N) is 1. The van der Waals surface area contributed by atoms with Crippen molar-refractivity contribution in [2.45, 2.75) is 25.9 Å². The Kier molecular flexibility index (Phi) is 4.40. The molecule has 0 aromatic carbocycles. The highest BCUT2D eigenvalue weighted by molar-refractivity contribution is 7.09. The molecule has 1 aromatic heterocycles. The van der Waals surface area contributed by atoms with E-state index in [1.54, 1.807) is 16.8 Å². The van der Waals surface area contributed by atoms with Gasteiger partial charge in [0.15, 0.2) is 5.60 Å². The highest BCUT2D eigenvalue weighted by Crippen LogP contribution is 2.13. The summed E-state index contributed by atoms with van der Waals surface area (Å²) in [5, 5.41) is 18.0. The van der Waals surface area contributed by atoms with E-state index in [0.29, 0.717) is 13.0 Å². The fraction of sp³-hybridized carbons (Fsp3) is 0.600. The Morgan fingerprint density at radius 2 is 2.38 bits per heavy atom. The van der Waals surface area contributed by atoms with Crippen LogP contribution < -0.4 is 0 Å². The Morgan fingerprint density at radius 1 is 1.69 bits per heavy atom. The first-order valence-electron chi connectivity index (χ1n) is 4.86. The van der Waals surface area contributed by atoms with Crippen LogP contribution in [-0.4, -0.2) is 40.0 Å². The molecule has 1 atom stereocenters. The van der Waals surface area contributed by atoms with Gasteiger partial charge in [0.2, 0.25) is 0 Å². The number of aliphatic hydroxyl groups is 1. The molecule has 16 heavy (non-hydrogen) atoms. The van der Waals surface area contributed by atoms with Crippen molar-refractivity contribution in [2.24, 2.45) is 0 Å². The Bertz CT molecular complexity index is 361. The Morgan fingerprint density at radius 3 is 2.88 bits per heavy atom. The van der Waals surface area contributed by atoms with Gasteiger partial charge in [0.25, 0.3) is 0 Å². The van der Waals surface area contributed by atoms with Crippen LogP contribution in [0.25, 0.3) is 0 Å². The van der Waals surface area contributed by atoms with E-state index in [4.69, 9.17) is 9.84 Å². The summed E-state index contributed by atoms with van der Waals surface area (Å²) >= 11 is 1.54. The van der Waals surface area contributed by atoms with Gasteiger partial charge in [-0.05, 0) is 13.8 Å². The highest BCUT2D eigenvalue weighted by atomic mass is 32.1. The van der Waals surface area contributed by atoms with Crippen LogP contribution in [0.1, 0.15) is 17.5 Å². The van der Waals surface area contributed by atoms with Crippen LogP contribution in [0.15, 0.2) is 5.51 Å². The lowest BCUT2D eigenvalue weighted by atomic mass is 10.1. The number of hydrogen-bond donors (Lipinski definition) is 2. The molecule has 90 valence electrons. The maximum atomic E-state index is 10.6. The molecule has 0 fully saturated rings. The van der Waals surface area contributed by atoms with Gasteiger partial charge in [-0.1, -0.05) is 0 Å². The maximum Gasteiger partial charge on any atom is 0.337 e. The molecular weight excluding hydrogens is 230 g/mol. The zero-order chi connectivity index (χ0) is 12.2. The van der Waals surface area contributed by atoms with E-state index >= 15 is 0 Å². The molecule has 0 aliphatic heterocycles. The van der Waals surface area contributed by atoms with E-state index in [9.17, 15) is 9.90 Å². The van der Waals surface area contributed by atoms with Crippen molar-refractivity contribution in [3.05, 3.63) is 16.1 Å². The van der Waals surface area contributed by atoms with Gasteiger partial charge in [0.05, 0.1) is 24.4 Å². The number of carboxylic acids is 1. The van der Waals surface area contributed by atoms with Crippen LogP contribution in [0, 0.1) is 6.92 Å². The molecule has 1 rings (SSSR count). The van der Waals surface area contributed by atoms with Crippen molar-refractivity contribution >= 4 is 17.3 Å². The van der Waals surface area contributed by atoms with Crippen LogP contribution in [-0.2, 0) is 16.0 Å². The number of carboxylic acid groups (broad SMARTS) is 1. The van der Waals surface area contributed by atoms with Gasteiger partial charge in [-0.2, -0.15) is 0 Å². The van der Waals surface area contributed by atoms with Crippen molar-refractivity contribution < 1.29 is 19.7 Å². The summed E-state index contributed by atoms with van der Waals surface area (Å²) < 4.78 is 5.14. The molecule has 0 amide bonds. The Balaban J connectivity index is 2.27. The molecule has 1 unspecified atom stereocenters. The topological polar surface area (TPSA) is 79.7 Å². The quantitative estimate of drug-likeness (QED) is 0.726. The molecule has 0 radical (unpaired) electrons. The molecule has 6 heteroatoms. The van der Waals surface area contributed by atoms with E-state index in [1.807, 2.05) is 6.92 Å². The van der Waals surface area contributed by atoms with Crippen molar-refractivity contribution in [1.82, 2.24) is 4.98 Å². The van der Waals surface area contributed by atoms with Gasteiger partial charge in [-0.15, -0.1) is 11.3 Å². The minimum absolute atomic E-state index is 0.208. The smallest absolute Gasteiger partial charge is 0.337 e. The van der Waals surface area contributed by atoms with Crippen molar-refractivity contribution in [2.75, 3.05) is 13.2 Å². The molecular formula is C10H15NO4S. The summed E-state index contributed by atoms with van der Waals surface area (Å²) in [6.07, 6.45) is 0.687. The van der Waals surface area contributed by atoms with Crippen LogP contribution in [0.5, 0.6) is 0 Å². The van der Waals surface area contributed by atoms with Crippen LogP contribution in [0.3, 0.4) is 0 Å². The first kappa shape index (κ1) is 13.1. The number of thiazole rings is 1. The molecule has 0 saturated heterocycles. The normalized spacial score (nSPS) is 14.7. The predicted octanol–water partition coefficient (Wildman–Crippen LogP) is 0.846. The Hall–Kier alpha value is -0.980. The lowest BCUT2D eigenvalue weighted by molar-refractivity contribution is -0.162. The van der Waals surface area contributed by atoms with Crippen molar-refractivity contribution in [1.29, 1.82) is 0 Å². The summed E-state index contributed by atoms with van der Waals surface area (Å²) in [4.78, 5) is 15.8. The van der Waals surface area contributed by atoms with E-state index in [2.05, 4.69) is 4.98 Å². The standard InChI is InChI=1S/C10H15NO4S/c1-7-8(16-6-11-7)3-4-15-5-10(2,14)9(12)13/h6,14H,3-5H2,1-2H3,(H,12,13). The fourth-order valence-electron chi connectivity index (χ4n) is 1.06. The number of carbonyl (C=O) groups is 1. The average molecular weight is 245 g/mol. The number of rotatable bonds is 6. The molecule has 5 nitrogen and oxygen atoms in total. The van der Waals surface area contributed by atoms with E-state index in [0.717, 1.165) is 10.6 Å². The first-order valence-corrected chi connectivity index (χ1v) is 5.74. The minimum Gasteiger partial charge on any atom is -0.479 e. The number of ether oxygens (including phenoxy) is 1. The van der Waals surface area contributed by atoms with Gasteiger partial charge in [-0.3, -0.25) is 0 Å². The third-order valence-corrected chi connectivity index (χ3v) is 3.16. The third-order valence-electron chi connectivity index (χ3n) is 2.16. The number of aryl methyl sites for hydroxylation is 1. The predicted molar refractivity (Wildman–Crippen MR) is 59.6 cm³/mol. The zero-order valence-electron chi connectivity index (χ0n) is 9.27. The first-order chi connectivity index (χ1) is 7.43. The summed E-state index contributed by atoms with van der Waals surface area (Å²) in [5.74, 6) is -1.28. The molecule has 0 spiro atoms. The Labute approximate surface area is 97.7 Å². The van der Waals surface area contributed by atoms with Gasteiger partial charge in [0.1, 0.15) is 0 Å². The van der Waals surface area contributed by atoms with Gasteiger partial charge >= 0.3 is 5.97 Å². The summed E-state index contributed by atoms with van der Waals surface area (Å²) in [6.45, 7) is 3.30. The largest absolute Gasteiger partial charge is 0.479 e. The molecule has 0 aliphatic carbocycles. The maximum absolute atomic E-state index is 10.6. The second kappa shape index (κ2) is 5.38. The van der Waals surface area contributed by atoms with E-state index < -0.39 is 11.6 Å². The second-order valence-corrected chi connectivity index (χ2v) is 4.68. The number of aliphatic carboxylic acids is 1. The van der Waals surface area contributed by atoms with Crippen LogP contribution >= 0.6 is 11.3 Å². The second-order valence-electron chi connectivity index (χ2n) is 3.74. The molecule has 0 saturated carbocycles. The molecule has 2 N–H and O–H groups in total. The molecule has 0 aliphatic rings. The molecule has 1 aromatic rings. The fourth-order valence-corrected chi connectivity index (χ4v) is 1.83. The highest BCUT2D eigenvalue weighted by Gasteiger charge is 2.29. The van der Waals surface area contributed by atoms with Crippen LogP contribution in [0.2, 0.25) is 0 Å². The monoisotopic (exact) mass is 245 g/mol. The van der Waals surface area contributed by atoms with Gasteiger partial charge in [0, 0.05) is 11.3 Å². The average Bonchev–Trinajstić information content (AvgIpc) is 2.59. The van der Waals surface area contributed by atoms with Gasteiger partial charge in [-0.25, -0.2) is 9.78 Å². The van der Waals surface area contributed by atoms with Crippen LogP contribution in [0.4, 0.5) is 0 Å².